The first-order valence-corrected chi connectivity index (χ1v) is 5.35. The summed E-state index contributed by atoms with van der Waals surface area (Å²) in [4.78, 5) is 24.4. The average molecular weight is 223 g/mol. The monoisotopic (exact) mass is 223 g/mol. The van der Waals surface area contributed by atoms with E-state index in [1.807, 2.05) is 0 Å². The molecule has 88 valence electrons. The Labute approximate surface area is 95.2 Å². The fraction of sp³-hybridized carbons (Fsp3) is 0.500. The van der Waals surface area contributed by atoms with Gasteiger partial charge >= 0.3 is 5.97 Å². The van der Waals surface area contributed by atoms with Gasteiger partial charge in [0, 0.05) is 13.1 Å². The van der Waals surface area contributed by atoms with E-state index in [0.717, 1.165) is 0 Å². The second-order valence-electron chi connectivity index (χ2n) is 3.95. The molecule has 0 saturated heterocycles. The molecule has 0 radical (unpaired) electrons. The maximum Gasteiger partial charge on any atom is 0.307 e. The molecule has 0 bridgehead atoms. The number of carbonyl (C=O) groups excluding carboxylic acids is 1. The highest BCUT2D eigenvalue weighted by atomic mass is 16.4. The van der Waals surface area contributed by atoms with Crippen molar-refractivity contribution in [3.63, 3.8) is 0 Å². The summed E-state index contributed by atoms with van der Waals surface area (Å²) in [5.74, 6) is -1.85. The van der Waals surface area contributed by atoms with E-state index in [4.69, 9.17) is 5.11 Å². The maximum atomic E-state index is 12.0. The van der Waals surface area contributed by atoms with E-state index >= 15 is 0 Å². The van der Waals surface area contributed by atoms with Gasteiger partial charge in [-0.05, 0) is 12.8 Å². The van der Waals surface area contributed by atoms with Crippen LogP contribution in [0.1, 0.15) is 12.8 Å². The van der Waals surface area contributed by atoms with E-state index < -0.39 is 11.9 Å². The normalized spacial score (nSPS) is 23.0. The molecule has 16 heavy (non-hydrogen) atoms. The van der Waals surface area contributed by atoms with Crippen molar-refractivity contribution in [3.05, 3.63) is 25.3 Å². The summed E-state index contributed by atoms with van der Waals surface area (Å²) in [6.45, 7) is 8.03. The Bertz CT molecular complexity index is 301. The Balaban J connectivity index is 2.63. The van der Waals surface area contributed by atoms with Gasteiger partial charge in [0.25, 0.3) is 0 Å². The van der Waals surface area contributed by atoms with Gasteiger partial charge < -0.3 is 10.0 Å². The molecule has 1 aliphatic carbocycles. The average Bonchev–Trinajstić information content (AvgIpc) is 2.14. The molecule has 0 aromatic rings. The Kier molecular flexibility index (Phi) is 4.28. The van der Waals surface area contributed by atoms with Crippen LogP contribution >= 0.6 is 0 Å². The van der Waals surface area contributed by atoms with E-state index in [-0.39, 0.29) is 11.8 Å². The van der Waals surface area contributed by atoms with Crippen LogP contribution in [0.25, 0.3) is 0 Å². The quantitative estimate of drug-likeness (QED) is 0.690. The van der Waals surface area contributed by atoms with Crippen molar-refractivity contribution in [2.75, 3.05) is 13.1 Å². The molecule has 0 spiro atoms. The number of carboxylic acids is 1. The molecule has 1 rings (SSSR count). The summed E-state index contributed by atoms with van der Waals surface area (Å²) >= 11 is 0. The van der Waals surface area contributed by atoms with Crippen LogP contribution < -0.4 is 0 Å². The number of nitrogens with zero attached hydrogens (tertiary/aromatic N) is 1. The lowest BCUT2D eigenvalue weighted by molar-refractivity contribution is -0.156. The van der Waals surface area contributed by atoms with Gasteiger partial charge in [-0.3, -0.25) is 9.59 Å². The first-order valence-electron chi connectivity index (χ1n) is 5.35. The highest BCUT2D eigenvalue weighted by Gasteiger charge is 2.42. The van der Waals surface area contributed by atoms with Crippen LogP contribution in [0.15, 0.2) is 25.3 Å². The third-order valence-corrected chi connectivity index (χ3v) is 2.92. The Hall–Kier alpha value is -1.58. The number of hydrogen-bond acceptors (Lipinski definition) is 2. The predicted molar refractivity (Wildman–Crippen MR) is 60.8 cm³/mol. The fourth-order valence-corrected chi connectivity index (χ4v) is 1.89. The zero-order valence-electron chi connectivity index (χ0n) is 9.26. The van der Waals surface area contributed by atoms with Crippen LogP contribution in [0.4, 0.5) is 0 Å². The molecule has 1 aliphatic rings. The smallest absolute Gasteiger partial charge is 0.307 e. The van der Waals surface area contributed by atoms with Crippen molar-refractivity contribution in [1.82, 2.24) is 4.90 Å². The van der Waals surface area contributed by atoms with Crippen LogP contribution in [0.5, 0.6) is 0 Å². The van der Waals surface area contributed by atoms with E-state index in [9.17, 15) is 9.59 Å². The van der Waals surface area contributed by atoms with Crippen molar-refractivity contribution in [2.24, 2.45) is 11.8 Å². The summed E-state index contributed by atoms with van der Waals surface area (Å²) in [6, 6.07) is 0. The van der Waals surface area contributed by atoms with Gasteiger partial charge in [-0.2, -0.15) is 0 Å². The highest BCUT2D eigenvalue weighted by Crippen LogP contribution is 2.35. The van der Waals surface area contributed by atoms with Gasteiger partial charge in [-0.25, -0.2) is 0 Å². The van der Waals surface area contributed by atoms with Gasteiger partial charge in [-0.1, -0.05) is 12.2 Å². The number of carbonyl (C=O) groups is 2. The third kappa shape index (κ3) is 2.51. The van der Waals surface area contributed by atoms with Crippen LogP contribution in [0, 0.1) is 11.8 Å². The molecule has 1 fully saturated rings. The van der Waals surface area contributed by atoms with Gasteiger partial charge in [0.2, 0.25) is 5.91 Å². The summed E-state index contributed by atoms with van der Waals surface area (Å²) in [5, 5.41) is 8.88. The molecule has 1 N–H and O–H groups in total. The van der Waals surface area contributed by atoms with E-state index in [1.54, 1.807) is 17.1 Å². The topological polar surface area (TPSA) is 57.6 Å². The Morgan fingerprint density at radius 2 is 1.69 bits per heavy atom. The van der Waals surface area contributed by atoms with Crippen molar-refractivity contribution < 1.29 is 14.7 Å². The minimum atomic E-state index is -0.873. The van der Waals surface area contributed by atoms with Crippen molar-refractivity contribution in [2.45, 2.75) is 12.8 Å². The molecule has 0 aromatic carbocycles. The molecule has 0 aliphatic heterocycles. The lowest BCUT2D eigenvalue weighted by Crippen LogP contribution is -2.46. The summed E-state index contributed by atoms with van der Waals surface area (Å²) in [5.41, 5.74) is 0. The zero-order chi connectivity index (χ0) is 12.1. The number of rotatable bonds is 6. The van der Waals surface area contributed by atoms with E-state index in [2.05, 4.69) is 13.2 Å². The molecular weight excluding hydrogens is 206 g/mol. The van der Waals surface area contributed by atoms with Crippen molar-refractivity contribution in [3.8, 4) is 0 Å². The largest absolute Gasteiger partial charge is 0.481 e. The van der Waals surface area contributed by atoms with Crippen LogP contribution in [0.3, 0.4) is 0 Å². The van der Waals surface area contributed by atoms with Crippen molar-refractivity contribution in [1.29, 1.82) is 0 Å². The van der Waals surface area contributed by atoms with Crippen LogP contribution in [-0.4, -0.2) is 35.0 Å². The highest BCUT2D eigenvalue weighted by molar-refractivity contribution is 5.86. The number of aliphatic carboxylic acids is 1. The minimum absolute atomic E-state index is 0.0987. The minimum Gasteiger partial charge on any atom is -0.481 e. The number of hydrogen-bond donors (Lipinski definition) is 1. The van der Waals surface area contributed by atoms with E-state index in [0.29, 0.717) is 25.9 Å². The molecule has 1 amide bonds. The fourth-order valence-electron chi connectivity index (χ4n) is 1.89. The second-order valence-corrected chi connectivity index (χ2v) is 3.95. The Morgan fingerprint density at radius 3 is 2.00 bits per heavy atom. The van der Waals surface area contributed by atoms with Gasteiger partial charge in [0.05, 0.1) is 11.8 Å². The van der Waals surface area contributed by atoms with Crippen LogP contribution in [0.2, 0.25) is 0 Å². The van der Waals surface area contributed by atoms with Gasteiger partial charge in [0.1, 0.15) is 0 Å². The number of carboxylic acid groups (broad SMARTS) is 1. The second kappa shape index (κ2) is 5.49. The Morgan fingerprint density at radius 1 is 1.19 bits per heavy atom. The van der Waals surface area contributed by atoms with Crippen molar-refractivity contribution >= 4 is 11.9 Å². The van der Waals surface area contributed by atoms with Gasteiger partial charge in [0.15, 0.2) is 0 Å². The predicted octanol–water partition coefficient (Wildman–Crippen LogP) is 1.30. The third-order valence-electron chi connectivity index (χ3n) is 2.92. The molecule has 2 atom stereocenters. The van der Waals surface area contributed by atoms with Gasteiger partial charge in [-0.15, -0.1) is 13.2 Å². The maximum absolute atomic E-state index is 12.0. The lowest BCUT2D eigenvalue weighted by atomic mass is 9.73. The molecule has 4 heteroatoms. The molecule has 2 unspecified atom stereocenters. The first-order chi connectivity index (χ1) is 7.61. The SMILES string of the molecule is C=CCN(CC=C)C(=O)C1CCC1C(=O)O. The number of amides is 1. The lowest BCUT2D eigenvalue weighted by Gasteiger charge is -2.35. The molecule has 0 aromatic heterocycles. The standard InChI is InChI=1S/C12H17NO3/c1-3-7-13(8-4-2)11(14)9-5-6-10(9)12(15)16/h3-4,9-10H,1-2,5-8H2,(H,15,16). The zero-order valence-corrected chi connectivity index (χ0v) is 9.26. The van der Waals surface area contributed by atoms with Crippen LogP contribution in [-0.2, 0) is 9.59 Å². The molecule has 4 nitrogen and oxygen atoms in total. The first kappa shape index (κ1) is 12.5. The van der Waals surface area contributed by atoms with E-state index in [1.165, 1.54) is 0 Å². The molecule has 1 saturated carbocycles. The summed E-state index contributed by atoms with van der Waals surface area (Å²) in [7, 11) is 0. The summed E-state index contributed by atoms with van der Waals surface area (Å²) in [6.07, 6.45) is 4.54. The molecular formula is C12H17NO3. The summed E-state index contributed by atoms with van der Waals surface area (Å²) < 4.78 is 0. The molecule has 0 heterocycles.